The van der Waals surface area contributed by atoms with Gasteiger partial charge in [0.1, 0.15) is 12.4 Å². The summed E-state index contributed by atoms with van der Waals surface area (Å²) in [6.07, 6.45) is 1.55. The molecule has 1 amide bonds. The van der Waals surface area contributed by atoms with E-state index in [2.05, 4.69) is 20.6 Å². The van der Waals surface area contributed by atoms with Gasteiger partial charge in [-0.1, -0.05) is 35.0 Å². The highest BCUT2D eigenvalue weighted by molar-refractivity contribution is 5.91. The lowest BCUT2D eigenvalue weighted by Crippen LogP contribution is -2.28. The molecule has 0 bridgehead atoms. The Bertz CT molecular complexity index is 1580. The first kappa shape index (κ1) is 21.3. The normalized spacial score (nSPS) is 11.1. The molecule has 0 atom stereocenters. The Labute approximate surface area is 192 Å². The molecule has 0 aliphatic heterocycles. The molecule has 1 N–H and O–H groups in total. The number of hydrogen-bond acceptors (Lipinski definition) is 6. The van der Waals surface area contributed by atoms with Crippen molar-refractivity contribution in [1.29, 1.82) is 0 Å². The van der Waals surface area contributed by atoms with Gasteiger partial charge in [-0.3, -0.25) is 4.79 Å². The van der Waals surface area contributed by atoms with Gasteiger partial charge in [0.2, 0.25) is 11.7 Å². The van der Waals surface area contributed by atoms with Crippen LogP contribution in [-0.2, 0) is 11.3 Å². The quantitative estimate of drug-likeness (QED) is 0.431. The maximum absolute atomic E-state index is 13.3. The summed E-state index contributed by atoms with van der Waals surface area (Å²) in [5.74, 6) is -0.259. The maximum atomic E-state index is 13.3. The summed E-state index contributed by atoms with van der Waals surface area (Å²) in [6, 6.07) is 15.1. The number of aromatic nitrogens is 5. The standard InChI is InChI=1S/C24H19FN6O3/c1-14-5-7-16(8-6-14)21-27-23(34-29-21)18-4-3-11-30-22(18)28-31(24(30)33)13-20(32)26-19-10-9-17(25)12-15(19)2/h3-12H,13H2,1-2H3,(H,26,32). The zero-order valence-electron chi connectivity index (χ0n) is 18.3. The van der Waals surface area contributed by atoms with Gasteiger partial charge in [-0.2, -0.15) is 4.98 Å². The first-order valence-corrected chi connectivity index (χ1v) is 10.4. The Hall–Kier alpha value is -4.60. The first-order valence-electron chi connectivity index (χ1n) is 10.4. The van der Waals surface area contributed by atoms with E-state index in [4.69, 9.17) is 4.52 Å². The minimum atomic E-state index is -0.499. The van der Waals surface area contributed by atoms with Crippen molar-refractivity contribution < 1.29 is 13.7 Å². The van der Waals surface area contributed by atoms with E-state index in [1.165, 1.54) is 22.6 Å². The number of hydrogen-bond donors (Lipinski definition) is 1. The molecule has 5 rings (SSSR count). The smallest absolute Gasteiger partial charge is 0.333 e. The predicted octanol–water partition coefficient (Wildman–Crippen LogP) is 3.61. The van der Waals surface area contributed by atoms with Gasteiger partial charge in [-0.05, 0) is 49.7 Å². The lowest BCUT2D eigenvalue weighted by Gasteiger charge is -2.07. The summed E-state index contributed by atoms with van der Waals surface area (Å²) in [6.45, 7) is 3.34. The van der Waals surface area contributed by atoms with E-state index < -0.39 is 17.4 Å². The second-order valence-electron chi connectivity index (χ2n) is 7.85. The molecule has 0 radical (unpaired) electrons. The molecule has 9 nitrogen and oxygen atoms in total. The number of halogens is 1. The monoisotopic (exact) mass is 458 g/mol. The lowest BCUT2D eigenvalue weighted by atomic mass is 10.1. The fourth-order valence-electron chi connectivity index (χ4n) is 3.55. The number of fused-ring (bicyclic) bond motifs is 1. The highest BCUT2D eigenvalue weighted by Crippen LogP contribution is 2.24. The van der Waals surface area contributed by atoms with Gasteiger partial charge >= 0.3 is 5.69 Å². The van der Waals surface area contributed by atoms with Crippen LogP contribution in [0.25, 0.3) is 28.5 Å². The van der Waals surface area contributed by atoms with Gasteiger partial charge in [0, 0.05) is 17.4 Å². The van der Waals surface area contributed by atoms with Crippen LogP contribution in [0, 0.1) is 19.7 Å². The number of carbonyl (C=O) groups excluding carboxylic acids is 1. The van der Waals surface area contributed by atoms with E-state index in [1.54, 1.807) is 25.3 Å². The van der Waals surface area contributed by atoms with Gasteiger partial charge in [-0.15, -0.1) is 5.10 Å². The highest BCUT2D eigenvalue weighted by Gasteiger charge is 2.19. The zero-order chi connectivity index (χ0) is 23.8. The number of carbonyl (C=O) groups is 1. The van der Waals surface area contributed by atoms with Crippen LogP contribution >= 0.6 is 0 Å². The number of pyridine rings is 1. The summed E-state index contributed by atoms with van der Waals surface area (Å²) < 4.78 is 21.1. The summed E-state index contributed by atoms with van der Waals surface area (Å²) in [5.41, 5.74) is 3.17. The number of nitrogens with one attached hydrogen (secondary N) is 1. The van der Waals surface area contributed by atoms with Gasteiger partial charge in [0.25, 0.3) is 5.89 Å². The Morgan fingerprint density at radius 2 is 1.91 bits per heavy atom. The molecule has 0 aliphatic carbocycles. The fraction of sp³-hybridized carbons (Fsp3) is 0.125. The SMILES string of the molecule is Cc1ccc(-c2noc(-c3cccn4c(=O)n(CC(=O)Nc5ccc(F)cc5C)nc34)n2)cc1. The largest absolute Gasteiger partial charge is 0.350 e. The van der Waals surface area contributed by atoms with Crippen LogP contribution in [0.3, 0.4) is 0 Å². The summed E-state index contributed by atoms with van der Waals surface area (Å²) >= 11 is 0. The predicted molar refractivity (Wildman–Crippen MR) is 123 cm³/mol. The molecule has 0 saturated carbocycles. The molecular weight excluding hydrogens is 439 g/mol. The minimum absolute atomic E-state index is 0.199. The van der Waals surface area contributed by atoms with Crippen molar-refractivity contribution in [2.45, 2.75) is 20.4 Å². The average Bonchev–Trinajstić information content (AvgIpc) is 3.42. The Morgan fingerprint density at radius 1 is 1.12 bits per heavy atom. The number of anilines is 1. The molecule has 3 aromatic heterocycles. The fourth-order valence-corrected chi connectivity index (χ4v) is 3.55. The molecule has 3 heterocycles. The lowest BCUT2D eigenvalue weighted by molar-refractivity contribution is -0.117. The van der Waals surface area contributed by atoms with Crippen molar-refractivity contribution >= 4 is 17.2 Å². The maximum Gasteiger partial charge on any atom is 0.350 e. The molecule has 34 heavy (non-hydrogen) atoms. The van der Waals surface area contributed by atoms with E-state index in [0.717, 1.165) is 15.8 Å². The third kappa shape index (κ3) is 3.96. The molecule has 0 fully saturated rings. The van der Waals surface area contributed by atoms with Gasteiger partial charge in [-0.25, -0.2) is 18.3 Å². The van der Waals surface area contributed by atoms with Crippen molar-refractivity contribution in [3.8, 4) is 22.8 Å². The number of nitrogens with zero attached hydrogens (tertiary/aromatic N) is 5. The van der Waals surface area contributed by atoms with Crippen molar-refractivity contribution in [2.24, 2.45) is 0 Å². The number of amides is 1. The van der Waals surface area contributed by atoms with Crippen LogP contribution in [0.1, 0.15) is 11.1 Å². The third-order valence-corrected chi connectivity index (χ3v) is 5.33. The number of benzene rings is 2. The number of rotatable bonds is 5. The molecule has 0 saturated heterocycles. The second-order valence-corrected chi connectivity index (χ2v) is 7.85. The van der Waals surface area contributed by atoms with E-state index in [-0.39, 0.29) is 18.1 Å². The van der Waals surface area contributed by atoms with Crippen molar-refractivity contribution in [2.75, 3.05) is 5.32 Å². The van der Waals surface area contributed by atoms with Crippen LogP contribution in [0.15, 0.2) is 70.1 Å². The third-order valence-electron chi connectivity index (χ3n) is 5.33. The molecular formula is C24H19FN6O3. The minimum Gasteiger partial charge on any atom is -0.333 e. The van der Waals surface area contributed by atoms with Gasteiger partial charge < -0.3 is 9.84 Å². The molecule has 170 valence electrons. The van der Waals surface area contributed by atoms with E-state index in [9.17, 15) is 14.0 Å². The zero-order valence-corrected chi connectivity index (χ0v) is 18.3. The van der Waals surface area contributed by atoms with E-state index in [0.29, 0.717) is 22.6 Å². The van der Waals surface area contributed by atoms with Crippen molar-refractivity contribution in [3.05, 3.63) is 88.2 Å². The Kier molecular flexibility index (Phi) is 5.25. The topological polar surface area (TPSA) is 107 Å². The Morgan fingerprint density at radius 3 is 2.68 bits per heavy atom. The summed E-state index contributed by atoms with van der Waals surface area (Å²) in [5, 5.41) is 11.0. The molecule has 0 unspecified atom stereocenters. The average molecular weight is 458 g/mol. The molecule has 0 spiro atoms. The van der Waals surface area contributed by atoms with Gasteiger partial charge in [0.05, 0.1) is 5.56 Å². The molecule has 10 heteroatoms. The van der Waals surface area contributed by atoms with Crippen molar-refractivity contribution in [1.82, 2.24) is 24.3 Å². The van der Waals surface area contributed by atoms with Gasteiger partial charge in [0.15, 0.2) is 5.65 Å². The summed E-state index contributed by atoms with van der Waals surface area (Å²) in [4.78, 5) is 29.8. The van der Waals surface area contributed by atoms with E-state index in [1.807, 2.05) is 31.2 Å². The second kappa shape index (κ2) is 8.39. The van der Waals surface area contributed by atoms with E-state index >= 15 is 0 Å². The van der Waals surface area contributed by atoms with Crippen LogP contribution in [0.5, 0.6) is 0 Å². The van der Waals surface area contributed by atoms with Crippen LogP contribution in [0.4, 0.5) is 10.1 Å². The number of aryl methyl sites for hydroxylation is 2. The highest BCUT2D eigenvalue weighted by atomic mass is 19.1. The van der Waals surface area contributed by atoms with Crippen LogP contribution < -0.4 is 11.0 Å². The van der Waals surface area contributed by atoms with Crippen LogP contribution in [-0.4, -0.2) is 30.2 Å². The molecule has 2 aromatic carbocycles. The molecule has 0 aliphatic rings. The Balaban J connectivity index is 1.44. The van der Waals surface area contributed by atoms with Crippen LogP contribution in [0.2, 0.25) is 0 Å². The first-order chi connectivity index (χ1) is 16.4. The summed E-state index contributed by atoms with van der Waals surface area (Å²) in [7, 11) is 0. The van der Waals surface area contributed by atoms with Crippen molar-refractivity contribution in [3.63, 3.8) is 0 Å². The molecule has 5 aromatic rings.